The predicted octanol–water partition coefficient (Wildman–Crippen LogP) is 5.25. The molecular weight excluding hydrogens is 452 g/mol. The third kappa shape index (κ3) is 5.01. The van der Waals surface area contributed by atoms with Gasteiger partial charge in [0.2, 0.25) is 0 Å². The quantitative estimate of drug-likeness (QED) is 0.513. The topological polar surface area (TPSA) is 72.5 Å². The molecule has 0 aliphatic carbocycles. The highest BCUT2D eigenvalue weighted by molar-refractivity contribution is 6.30. The first kappa shape index (κ1) is 22.8. The van der Waals surface area contributed by atoms with Crippen LogP contribution in [0, 0.1) is 0 Å². The number of hydrogen-bond donors (Lipinski definition) is 2. The molecule has 2 aromatic carbocycles. The molecule has 1 aromatic heterocycles. The van der Waals surface area contributed by atoms with Crippen LogP contribution in [-0.2, 0) is 12.0 Å². The van der Waals surface area contributed by atoms with Crippen molar-refractivity contribution in [3.63, 3.8) is 0 Å². The predicted molar refractivity (Wildman–Crippen MR) is 120 cm³/mol. The number of hydrogen-bond acceptors (Lipinski definition) is 4. The second-order valence-electron chi connectivity index (χ2n) is 8.01. The van der Waals surface area contributed by atoms with Gasteiger partial charge in [-0.2, -0.15) is 0 Å². The highest BCUT2D eigenvalue weighted by Gasteiger charge is 2.45. The van der Waals surface area contributed by atoms with Crippen molar-refractivity contribution < 1.29 is 23.0 Å². The Morgan fingerprint density at radius 1 is 1.09 bits per heavy atom. The van der Waals surface area contributed by atoms with Gasteiger partial charge in [-0.25, -0.2) is 4.79 Å². The Kier molecular flexibility index (Phi) is 6.12. The van der Waals surface area contributed by atoms with Gasteiger partial charge in [0.15, 0.2) is 11.5 Å². The van der Waals surface area contributed by atoms with E-state index in [1.165, 1.54) is 18.3 Å². The Bertz CT molecular complexity index is 1140. The number of ether oxygens (including phenoxy) is 2. The third-order valence-corrected chi connectivity index (χ3v) is 5.34. The fraction of sp³-hybridized carbons (Fsp3) is 0.250. The fourth-order valence-corrected chi connectivity index (χ4v) is 3.87. The number of aromatic nitrogens is 1. The number of alkyl halides is 2. The first-order valence-electron chi connectivity index (χ1n) is 10.3. The SMILES string of the molecule is CC(C)NC(=O)NC(Cc1ccccc1)(c1ccc2c(c1)OC(F)(F)O2)c1ccc(Cl)cn1. The van der Waals surface area contributed by atoms with Crippen LogP contribution in [0.25, 0.3) is 0 Å². The number of urea groups is 1. The normalized spacial score (nSPS) is 15.7. The summed E-state index contributed by atoms with van der Waals surface area (Å²) in [5.41, 5.74) is 0.615. The van der Waals surface area contributed by atoms with Crippen LogP contribution < -0.4 is 20.1 Å². The third-order valence-electron chi connectivity index (χ3n) is 5.12. The summed E-state index contributed by atoms with van der Waals surface area (Å²) in [4.78, 5) is 17.4. The lowest BCUT2D eigenvalue weighted by Crippen LogP contribution is -2.53. The van der Waals surface area contributed by atoms with Gasteiger partial charge in [-0.1, -0.05) is 48.0 Å². The minimum atomic E-state index is -3.76. The molecule has 3 aromatic rings. The molecule has 0 fully saturated rings. The number of fused-ring (bicyclic) bond motifs is 1. The van der Waals surface area contributed by atoms with Crippen molar-refractivity contribution in [3.8, 4) is 11.5 Å². The van der Waals surface area contributed by atoms with Crippen molar-refractivity contribution in [2.45, 2.75) is 38.1 Å². The molecule has 0 saturated carbocycles. The van der Waals surface area contributed by atoms with Crippen molar-refractivity contribution in [1.82, 2.24) is 15.6 Å². The number of nitrogens with zero attached hydrogens (tertiary/aromatic N) is 1. The number of halogens is 3. The summed E-state index contributed by atoms with van der Waals surface area (Å²) in [5, 5.41) is 6.28. The molecule has 6 nitrogen and oxygen atoms in total. The van der Waals surface area contributed by atoms with E-state index in [4.69, 9.17) is 11.6 Å². The average molecular weight is 474 g/mol. The zero-order valence-corrected chi connectivity index (χ0v) is 18.7. The smallest absolute Gasteiger partial charge is 0.395 e. The van der Waals surface area contributed by atoms with E-state index in [0.29, 0.717) is 16.3 Å². The fourth-order valence-electron chi connectivity index (χ4n) is 3.76. The van der Waals surface area contributed by atoms with Crippen molar-refractivity contribution >= 4 is 17.6 Å². The van der Waals surface area contributed by atoms with E-state index in [1.54, 1.807) is 18.2 Å². The van der Waals surface area contributed by atoms with Gasteiger partial charge < -0.3 is 20.1 Å². The van der Waals surface area contributed by atoms with Crippen LogP contribution in [0.2, 0.25) is 5.02 Å². The number of nitrogens with one attached hydrogen (secondary N) is 2. The summed E-state index contributed by atoms with van der Waals surface area (Å²) in [6, 6.07) is 16.7. The van der Waals surface area contributed by atoms with Crippen LogP contribution >= 0.6 is 11.6 Å². The van der Waals surface area contributed by atoms with E-state index < -0.39 is 17.9 Å². The summed E-state index contributed by atoms with van der Waals surface area (Å²) in [6.07, 6.45) is -2.01. The number of benzene rings is 2. The molecule has 9 heteroatoms. The summed E-state index contributed by atoms with van der Waals surface area (Å²) >= 11 is 6.07. The molecular formula is C24H22ClF2N3O3. The molecule has 1 unspecified atom stereocenters. The summed E-state index contributed by atoms with van der Waals surface area (Å²) < 4.78 is 36.6. The number of pyridine rings is 1. The van der Waals surface area contributed by atoms with E-state index >= 15 is 0 Å². The van der Waals surface area contributed by atoms with Crippen LogP contribution in [0.5, 0.6) is 11.5 Å². The molecule has 2 heterocycles. The maximum Gasteiger partial charge on any atom is 0.586 e. The Balaban J connectivity index is 1.88. The van der Waals surface area contributed by atoms with Crippen molar-refractivity contribution in [2.24, 2.45) is 0 Å². The molecule has 1 aliphatic rings. The van der Waals surface area contributed by atoms with Gasteiger partial charge in [0.05, 0.1) is 10.7 Å². The van der Waals surface area contributed by atoms with E-state index in [0.717, 1.165) is 5.56 Å². The highest BCUT2D eigenvalue weighted by Crippen LogP contribution is 2.44. The minimum Gasteiger partial charge on any atom is -0.395 e. The molecule has 0 spiro atoms. The molecule has 0 bridgehead atoms. The maximum absolute atomic E-state index is 13.7. The first-order valence-corrected chi connectivity index (χ1v) is 10.7. The average Bonchev–Trinajstić information content (AvgIpc) is 3.06. The molecule has 0 radical (unpaired) electrons. The van der Waals surface area contributed by atoms with Gasteiger partial charge in [-0.3, -0.25) is 4.98 Å². The van der Waals surface area contributed by atoms with Gasteiger partial charge in [-0.15, -0.1) is 8.78 Å². The zero-order valence-electron chi connectivity index (χ0n) is 17.9. The molecule has 2 amide bonds. The Labute approximate surface area is 194 Å². The largest absolute Gasteiger partial charge is 0.586 e. The van der Waals surface area contributed by atoms with Crippen LogP contribution in [-0.4, -0.2) is 23.4 Å². The van der Waals surface area contributed by atoms with Crippen LogP contribution in [0.15, 0.2) is 66.9 Å². The maximum atomic E-state index is 13.7. The monoisotopic (exact) mass is 473 g/mol. The summed E-state index contributed by atoms with van der Waals surface area (Å²) in [7, 11) is 0. The van der Waals surface area contributed by atoms with Gasteiger partial charge >= 0.3 is 12.3 Å². The van der Waals surface area contributed by atoms with E-state index in [1.807, 2.05) is 44.2 Å². The molecule has 172 valence electrons. The van der Waals surface area contributed by atoms with E-state index in [-0.39, 0.29) is 24.0 Å². The molecule has 33 heavy (non-hydrogen) atoms. The minimum absolute atomic E-state index is 0.0898. The van der Waals surface area contributed by atoms with Gasteiger partial charge in [-0.05, 0) is 49.2 Å². The molecule has 1 aliphatic heterocycles. The Morgan fingerprint density at radius 2 is 1.82 bits per heavy atom. The van der Waals surface area contributed by atoms with Gasteiger partial charge in [0.1, 0.15) is 5.54 Å². The van der Waals surface area contributed by atoms with Crippen LogP contribution in [0.4, 0.5) is 13.6 Å². The first-order chi connectivity index (χ1) is 15.7. The van der Waals surface area contributed by atoms with Gasteiger partial charge in [0, 0.05) is 18.7 Å². The molecule has 0 saturated heterocycles. The molecule has 2 N–H and O–H groups in total. The lowest BCUT2D eigenvalue weighted by atomic mass is 9.80. The van der Waals surface area contributed by atoms with Crippen LogP contribution in [0.3, 0.4) is 0 Å². The second-order valence-corrected chi connectivity index (χ2v) is 8.45. The van der Waals surface area contributed by atoms with E-state index in [2.05, 4.69) is 25.1 Å². The Morgan fingerprint density at radius 3 is 2.48 bits per heavy atom. The highest BCUT2D eigenvalue weighted by atomic mass is 35.5. The lowest BCUT2D eigenvalue weighted by Gasteiger charge is -2.35. The van der Waals surface area contributed by atoms with Crippen molar-refractivity contribution in [1.29, 1.82) is 0 Å². The van der Waals surface area contributed by atoms with Crippen LogP contribution in [0.1, 0.15) is 30.7 Å². The molecule has 4 rings (SSSR count). The zero-order chi connectivity index (χ0) is 23.6. The Hall–Kier alpha value is -3.39. The van der Waals surface area contributed by atoms with Crippen molar-refractivity contribution in [2.75, 3.05) is 0 Å². The lowest BCUT2D eigenvalue weighted by molar-refractivity contribution is -0.286. The second kappa shape index (κ2) is 8.86. The van der Waals surface area contributed by atoms with E-state index in [9.17, 15) is 13.6 Å². The number of amides is 2. The number of rotatable bonds is 6. The standard InChI is InChI=1S/C24H22ClF2N3O3/c1-15(2)29-22(31)30-23(13-16-6-4-3-5-7-16,21-11-9-18(25)14-28-21)17-8-10-19-20(12-17)33-24(26,27)32-19/h3-12,14-15H,13H2,1-2H3,(H2,29,30,31). The van der Waals surface area contributed by atoms with Gasteiger partial charge in [0.25, 0.3) is 0 Å². The summed E-state index contributed by atoms with van der Waals surface area (Å²) in [6.45, 7) is 3.67. The summed E-state index contributed by atoms with van der Waals surface area (Å²) in [5.74, 6) is -0.219. The number of carbonyl (C=O) groups is 1. The molecule has 1 atom stereocenters. The van der Waals surface area contributed by atoms with Crippen molar-refractivity contribution in [3.05, 3.63) is 88.7 Å². The number of carbonyl (C=O) groups excluding carboxylic acids is 1.